The fourth-order valence-electron chi connectivity index (χ4n) is 2.51. The fraction of sp³-hybridized carbons (Fsp3) is 0.529. The normalized spacial score (nSPS) is 13.3. The van der Waals surface area contributed by atoms with E-state index in [0.29, 0.717) is 18.7 Å². The highest BCUT2D eigenvalue weighted by molar-refractivity contribution is 7.80. The Morgan fingerprint density at radius 1 is 1.16 bits per heavy atom. The third-order valence-electron chi connectivity index (χ3n) is 4.15. The zero-order chi connectivity index (χ0) is 24.1. The van der Waals surface area contributed by atoms with Gasteiger partial charge in [-0.25, -0.2) is 4.98 Å². The first kappa shape index (κ1) is 26.7. The maximum absolute atomic E-state index is 12.7. The Kier molecular flexibility index (Phi) is 11.6. The van der Waals surface area contributed by atoms with Crippen LogP contribution in [0.3, 0.4) is 0 Å². The van der Waals surface area contributed by atoms with Crippen molar-refractivity contribution < 1.29 is 24.3 Å². The van der Waals surface area contributed by atoms with Crippen LogP contribution < -0.4 is 33.2 Å². The van der Waals surface area contributed by atoms with E-state index in [1.54, 1.807) is 0 Å². The number of carbonyl (C=O) groups excluding carboxylic acids is 3. The molecule has 0 aromatic carbocycles. The van der Waals surface area contributed by atoms with Crippen molar-refractivity contribution in [3.8, 4) is 0 Å². The van der Waals surface area contributed by atoms with E-state index in [2.05, 4.69) is 43.5 Å². The highest BCUT2D eigenvalue weighted by Gasteiger charge is 2.28. The largest absolute Gasteiger partial charge is 0.480 e. The van der Waals surface area contributed by atoms with Gasteiger partial charge in [0.1, 0.15) is 18.6 Å². The van der Waals surface area contributed by atoms with Gasteiger partial charge in [0, 0.05) is 30.6 Å². The van der Waals surface area contributed by atoms with Gasteiger partial charge in [-0.3, -0.25) is 24.2 Å². The van der Waals surface area contributed by atoms with Crippen LogP contribution in [-0.4, -0.2) is 81.7 Å². The summed E-state index contributed by atoms with van der Waals surface area (Å²) >= 11 is 4.08. The minimum atomic E-state index is -1.24. The first-order valence-electron chi connectivity index (χ1n) is 9.63. The molecule has 0 aliphatic heterocycles. The van der Waals surface area contributed by atoms with E-state index >= 15 is 0 Å². The lowest BCUT2D eigenvalue weighted by molar-refractivity contribution is -0.138. The third-order valence-corrected chi connectivity index (χ3v) is 4.51. The maximum atomic E-state index is 12.7. The fourth-order valence-corrected chi connectivity index (χ4v) is 2.76. The zero-order valence-corrected chi connectivity index (χ0v) is 18.2. The van der Waals surface area contributed by atoms with Gasteiger partial charge in [-0.15, -0.1) is 0 Å². The summed E-state index contributed by atoms with van der Waals surface area (Å²) < 4.78 is 0. The number of nitrogens with zero attached hydrogens (tertiary/aromatic N) is 2. The number of rotatable bonds is 14. The molecule has 0 saturated heterocycles. The molecule has 1 aromatic rings. The highest BCUT2D eigenvalue weighted by atomic mass is 32.1. The number of aliphatic carboxylic acids is 1. The van der Waals surface area contributed by atoms with Crippen molar-refractivity contribution >= 4 is 42.3 Å². The predicted octanol–water partition coefficient (Wildman–Crippen LogP) is -3.57. The second-order valence-corrected chi connectivity index (χ2v) is 7.12. The highest BCUT2D eigenvalue weighted by Crippen LogP contribution is 2.02. The van der Waals surface area contributed by atoms with Crippen molar-refractivity contribution in [3.63, 3.8) is 0 Å². The van der Waals surface area contributed by atoms with Gasteiger partial charge in [0.15, 0.2) is 5.96 Å². The van der Waals surface area contributed by atoms with Crippen molar-refractivity contribution in [3.05, 3.63) is 18.2 Å². The number of guanidine groups is 1. The van der Waals surface area contributed by atoms with E-state index in [0.717, 1.165) is 0 Å². The van der Waals surface area contributed by atoms with E-state index in [-0.39, 0.29) is 24.6 Å². The summed E-state index contributed by atoms with van der Waals surface area (Å²) in [6, 6.07) is -3.10. The van der Waals surface area contributed by atoms with Crippen LogP contribution in [0.1, 0.15) is 18.5 Å². The summed E-state index contributed by atoms with van der Waals surface area (Å²) in [6.45, 7) is -0.309. The van der Waals surface area contributed by atoms with Crippen LogP contribution in [0.2, 0.25) is 0 Å². The van der Waals surface area contributed by atoms with Gasteiger partial charge in [-0.1, -0.05) is 0 Å². The molecule has 15 heteroatoms. The number of thiol groups is 1. The van der Waals surface area contributed by atoms with Crippen LogP contribution in [0, 0.1) is 0 Å². The molecule has 0 aliphatic rings. The Morgan fingerprint density at radius 3 is 2.41 bits per heavy atom. The number of aliphatic imine (C=N–C) groups is 1. The number of nitrogens with one attached hydrogen (secondary N) is 4. The van der Waals surface area contributed by atoms with Gasteiger partial charge < -0.3 is 43.2 Å². The molecule has 0 fully saturated rings. The van der Waals surface area contributed by atoms with Gasteiger partial charge in [0.05, 0.1) is 12.4 Å². The van der Waals surface area contributed by atoms with E-state index in [1.807, 2.05) is 0 Å². The Bertz CT molecular complexity index is 798. The number of carboxylic acids is 1. The number of hydrogen-bond donors (Lipinski definition) is 9. The molecule has 0 saturated carbocycles. The number of H-pyrrole nitrogens is 1. The molecule has 3 atom stereocenters. The minimum absolute atomic E-state index is 0.0226. The lowest BCUT2D eigenvalue weighted by Gasteiger charge is -2.23. The molecule has 0 aliphatic carbocycles. The molecule has 14 nitrogen and oxygen atoms in total. The van der Waals surface area contributed by atoms with Gasteiger partial charge >= 0.3 is 5.97 Å². The third kappa shape index (κ3) is 10.1. The van der Waals surface area contributed by atoms with Crippen LogP contribution in [0.4, 0.5) is 0 Å². The number of carboxylic acid groups (broad SMARTS) is 1. The van der Waals surface area contributed by atoms with E-state index in [4.69, 9.17) is 22.3 Å². The Morgan fingerprint density at radius 2 is 1.84 bits per heavy atom. The van der Waals surface area contributed by atoms with Crippen molar-refractivity contribution in [2.75, 3.05) is 18.8 Å². The second kappa shape index (κ2) is 13.9. The summed E-state index contributed by atoms with van der Waals surface area (Å²) in [5.74, 6) is -3.34. The molecule has 1 heterocycles. The molecule has 3 amide bonds. The zero-order valence-electron chi connectivity index (χ0n) is 17.3. The minimum Gasteiger partial charge on any atom is -0.480 e. The SMILES string of the molecule is NC(N)=NCCCC(N)C(=O)NC(CS)C(=O)NC(Cc1cnc[nH]1)C(=O)NCC(=O)O. The second-order valence-electron chi connectivity index (χ2n) is 6.75. The summed E-state index contributed by atoms with van der Waals surface area (Å²) in [5, 5.41) is 16.0. The Labute approximate surface area is 189 Å². The van der Waals surface area contributed by atoms with Crippen LogP contribution >= 0.6 is 12.6 Å². The molecule has 0 bridgehead atoms. The Hall–Kier alpha value is -3.33. The molecule has 3 unspecified atom stereocenters. The van der Waals surface area contributed by atoms with Crippen LogP contribution in [0.15, 0.2) is 17.5 Å². The van der Waals surface area contributed by atoms with Gasteiger partial charge in [-0.2, -0.15) is 12.6 Å². The number of imidazole rings is 1. The monoisotopic (exact) mass is 471 g/mol. The van der Waals surface area contributed by atoms with Crippen molar-refractivity contribution in [1.82, 2.24) is 25.9 Å². The molecule has 1 aromatic heterocycles. The molecular formula is C17H29N9O5S. The number of amides is 3. The summed E-state index contributed by atoms with van der Waals surface area (Å²) in [6.07, 6.45) is 3.62. The van der Waals surface area contributed by atoms with Gasteiger partial charge in [0.25, 0.3) is 0 Å². The van der Waals surface area contributed by atoms with Crippen molar-refractivity contribution in [2.45, 2.75) is 37.4 Å². The number of carbonyl (C=O) groups is 4. The van der Waals surface area contributed by atoms with Gasteiger partial charge in [-0.05, 0) is 12.8 Å². The summed E-state index contributed by atoms with van der Waals surface area (Å²) in [5.41, 5.74) is 16.8. The summed E-state index contributed by atoms with van der Waals surface area (Å²) in [7, 11) is 0. The maximum Gasteiger partial charge on any atom is 0.322 e. The molecule has 32 heavy (non-hydrogen) atoms. The number of aromatic amines is 1. The quantitative estimate of drug-likeness (QED) is 0.0563. The number of nitrogens with two attached hydrogens (primary N) is 3. The Balaban J connectivity index is 2.71. The van der Waals surface area contributed by atoms with Gasteiger partial charge in [0.2, 0.25) is 17.7 Å². The van der Waals surface area contributed by atoms with Crippen molar-refractivity contribution in [1.29, 1.82) is 0 Å². The van der Waals surface area contributed by atoms with E-state index in [9.17, 15) is 19.2 Å². The smallest absolute Gasteiger partial charge is 0.322 e. The van der Waals surface area contributed by atoms with E-state index in [1.165, 1.54) is 12.5 Å². The van der Waals surface area contributed by atoms with Crippen LogP contribution in [0.25, 0.3) is 0 Å². The first-order valence-corrected chi connectivity index (χ1v) is 10.3. The lowest BCUT2D eigenvalue weighted by Crippen LogP contribution is -2.57. The topological polar surface area (TPSA) is 244 Å². The molecule has 0 spiro atoms. The van der Waals surface area contributed by atoms with Crippen molar-refractivity contribution in [2.24, 2.45) is 22.2 Å². The first-order chi connectivity index (χ1) is 15.1. The molecule has 11 N–H and O–H groups in total. The molecular weight excluding hydrogens is 442 g/mol. The molecule has 0 radical (unpaired) electrons. The molecule has 1 rings (SSSR count). The average molecular weight is 472 g/mol. The lowest BCUT2D eigenvalue weighted by atomic mass is 10.1. The molecule has 178 valence electrons. The van der Waals surface area contributed by atoms with E-state index < -0.39 is 48.4 Å². The average Bonchev–Trinajstić information content (AvgIpc) is 3.25. The summed E-state index contributed by atoms with van der Waals surface area (Å²) in [4.78, 5) is 58.5. The van der Waals surface area contributed by atoms with Crippen LogP contribution in [-0.2, 0) is 25.6 Å². The van der Waals surface area contributed by atoms with Crippen LogP contribution in [0.5, 0.6) is 0 Å². The standard InChI is InChI=1S/C17H29N9O5S/c18-10(2-1-3-22-17(19)20)14(29)26-12(7-32)16(31)25-11(4-9-5-21-8-24-9)15(30)23-6-13(27)28/h5,8,10-12,32H,1-4,6-7,18H2,(H,21,24)(H,23,30)(H,25,31)(H,26,29)(H,27,28)(H4,19,20,22). The number of hydrogen-bond acceptors (Lipinski definition) is 8. The predicted molar refractivity (Wildman–Crippen MR) is 119 cm³/mol. The number of aromatic nitrogens is 2.